The first-order chi connectivity index (χ1) is 12.8. The van der Waals surface area contributed by atoms with Gasteiger partial charge >= 0.3 is 17.9 Å². The van der Waals surface area contributed by atoms with Gasteiger partial charge in [-0.1, -0.05) is 29.8 Å². The van der Waals surface area contributed by atoms with E-state index in [4.69, 9.17) is 25.8 Å². The molecular formula is C19H20ClNO6. The average Bonchev–Trinajstić information content (AvgIpc) is 2.65. The SMILES string of the molecule is COC(=O)C1=C(C)N=C(C)C(C(=O)OC)[C@@H]1C(=O)OCc1ccccc1Cl. The van der Waals surface area contributed by atoms with E-state index in [9.17, 15) is 14.4 Å². The van der Waals surface area contributed by atoms with Gasteiger partial charge < -0.3 is 14.2 Å². The van der Waals surface area contributed by atoms with E-state index in [1.165, 1.54) is 14.2 Å². The van der Waals surface area contributed by atoms with Crippen LogP contribution in [0.3, 0.4) is 0 Å². The third kappa shape index (κ3) is 4.36. The van der Waals surface area contributed by atoms with Crippen molar-refractivity contribution in [3.05, 3.63) is 46.1 Å². The zero-order valence-electron chi connectivity index (χ0n) is 15.4. The van der Waals surface area contributed by atoms with Crippen LogP contribution in [0.25, 0.3) is 0 Å². The maximum absolute atomic E-state index is 12.9. The van der Waals surface area contributed by atoms with Gasteiger partial charge in [-0.25, -0.2) is 4.79 Å². The standard InChI is InChI=1S/C19H20ClNO6/c1-10-14(17(22)25-3)16(15(11(2)21-10)18(23)26-4)19(24)27-9-12-7-5-6-8-13(12)20/h5-8,14,16H,9H2,1-4H3/t14?,16-/m0/s1. The molecule has 0 N–H and O–H groups in total. The number of benzene rings is 1. The lowest BCUT2D eigenvalue weighted by molar-refractivity contribution is -0.157. The molecule has 2 rings (SSSR count). The molecule has 1 unspecified atom stereocenters. The summed E-state index contributed by atoms with van der Waals surface area (Å²) < 4.78 is 14.9. The summed E-state index contributed by atoms with van der Waals surface area (Å²) >= 11 is 6.07. The van der Waals surface area contributed by atoms with Crippen LogP contribution in [0, 0.1) is 11.8 Å². The highest BCUT2D eigenvalue weighted by Gasteiger charge is 2.46. The molecule has 144 valence electrons. The van der Waals surface area contributed by atoms with Crippen LogP contribution < -0.4 is 0 Å². The van der Waals surface area contributed by atoms with Crippen LogP contribution in [0.1, 0.15) is 19.4 Å². The Balaban J connectivity index is 2.38. The third-order valence-electron chi connectivity index (χ3n) is 4.27. The Bertz CT molecular complexity index is 829. The Kier molecular flexibility index (Phi) is 6.74. The fraction of sp³-hybridized carbons (Fsp3) is 0.368. The Hall–Kier alpha value is -2.67. The van der Waals surface area contributed by atoms with Crippen molar-refractivity contribution in [1.29, 1.82) is 0 Å². The van der Waals surface area contributed by atoms with Gasteiger partial charge in [0.05, 0.1) is 19.8 Å². The summed E-state index contributed by atoms with van der Waals surface area (Å²) in [5.41, 5.74) is 1.22. The highest BCUT2D eigenvalue weighted by Crippen LogP contribution is 2.34. The zero-order valence-corrected chi connectivity index (χ0v) is 16.2. The van der Waals surface area contributed by atoms with Gasteiger partial charge in [-0.3, -0.25) is 14.6 Å². The summed E-state index contributed by atoms with van der Waals surface area (Å²) in [7, 11) is 2.39. The molecule has 0 saturated carbocycles. The van der Waals surface area contributed by atoms with Crippen LogP contribution in [0.4, 0.5) is 0 Å². The van der Waals surface area contributed by atoms with E-state index >= 15 is 0 Å². The summed E-state index contributed by atoms with van der Waals surface area (Å²) in [6, 6.07) is 6.89. The number of ether oxygens (including phenoxy) is 3. The van der Waals surface area contributed by atoms with Crippen molar-refractivity contribution in [1.82, 2.24) is 0 Å². The van der Waals surface area contributed by atoms with Gasteiger partial charge in [-0.15, -0.1) is 0 Å². The molecule has 1 aliphatic rings. The van der Waals surface area contributed by atoms with Crippen molar-refractivity contribution in [3.8, 4) is 0 Å². The molecule has 0 aliphatic carbocycles. The van der Waals surface area contributed by atoms with E-state index in [2.05, 4.69) is 4.99 Å². The van der Waals surface area contributed by atoms with Gasteiger partial charge in [0.2, 0.25) is 0 Å². The number of allylic oxidation sites excluding steroid dienone is 1. The van der Waals surface area contributed by atoms with Crippen molar-refractivity contribution >= 4 is 35.2 Å². The minimum Gasteiger partial charge on any atom is -0.468 e. The van der Waals surface area contributed by atoms with Crippen LogP contribution in [0.2, 0.25) is 5.02 Å². The molecule has 7 nitrogen and oxygen atoms in total. The number of methoxy groups -OCH3 is 2. The van der Waals surface area contributed by atoms with Crippen molar-refractivity contribution in [2.24, 2.45) is 16.8 Å². The molecule has 1 heterocycles. The normalized spacial score (nSPS) is 19.2. The van der Waals surface area contributed by atoms with Crippen molar-refractivity contribution in [2.75, 3.05) is 14.2 Å². The van der Waals surface area contributed by atoms with Crippen LogP contribution in [-0.2, 0) is 35.2 Å². The number of carbonyl (C=O) groups excluding carboxylic acids is 3. The Labute approximate surface area is 162 Å². The first-order valence-electron chi connectivity index (χ1n) is 8.14. The average molecular weight is 394 g/mol. The summed E-state index contributed by atoms with van der Waals surface area (Å²) in [6.45, 7) is 3.05. The second-order valence-corrected chi connectivity index (χ2v) is 6.33. The van der Waals surface area contributed by atoms with E-state index < -0.39 is 29.7 Å². The lowest BCUT2D eigenvalue weighted by atomic mass is 9.80. The fourth-order valence-electron chi connectivity index (χ4n) is 2.95. The lowest BCUT2D eigenvalue weighted by Gasteiger charge is -2.29. The summed E-state index contributed by atoms with van der Waals surface area (Å²) in [5.74, 6) is -4.50. The number of rotatable bonds is 5. The van der Waals surface area contributed by atoms with Gasteiger partial charge in [0, 0.05) is 22.0 Å². The highest BCUT2D eigenvalue weighted by molar-refractivity contribution is 6.31. The predicted molar refractivity (Wildman–Crippen MR) is 98.1 cm³/mol. The summed E-state index contributed by atoms with van der Waals surface area (Å²) in [5, 5.41) is 0.441. The minimum atomic E-state index is -1.22. The molecule has 8 heteroatoms. The topological polar surface area (TPSA) is 91.3 Å². The molecular weight excluding hydrogens is 374 g/mol. The third-order valence-corrected chi connectivity index (χ3v) is 4.64. The monoisotopic (exact) mass is 393 g/mol. The first kappa shape index (κ1) is 20.6. The molecule has 0 bridgehead atoms. The van der Waals surface area contributed by atoms with Gasteiger partial charge in [0.15, 0.2) is 0 Å². The Morgan fingerprint density at radius 3 is 2.30 bits per heavy atom. The van der Waals surface area contributed by atoms with E-state index in [-0.39, 0.29) is 12.2 Å². The van der Waals surface area contributed by atoms with Crippen molar-refractivity contribution < 1.29 is 28.6 Å². The fourth-order valence-corrected chi connectivity index (χ4v) is 3.14. The first-order valence-corrected chi connectivity index (χ1v) is 8.51. The molecule has 1 aliphatic heterocycles. The predicted octanol–water partition coefficient (Wildman–Crippen LogP) is 2.71. The molecule has 0 radical (unpaired) electrons. The second-order valence-electron chi connectivity index (χ2n) is 5.92. The molecule has 0 saturated heterocycles. The van der Waals surface area contributed by atoms with Crippen LogP contribution in [-0.4, -0.2) is 37.8 Å². The van der Waals surface area contributed by atoms with Crippen LogP contribution in [0.5, 0.6) is 0 Å². The molecule has 0 fully saturated rings. The van der Waals surface area contributed by atoms with Crippen molar-refractivity contribution in [2.45, 2.75) is 20.5 Å². The zero-order chi connectivity index (χ0) is 20.1. The molecule has 2 atom stereocenters. The van der Waals surface area contributed by atoms with E-state index in [1.807, 2.05) is 0 Å². The number of carbonyl (C=O) groups is 3. The molecule has 0 spiro atoms. The number of esters is 3. The van der Waals surface area contributed by atoms with E-state index in [1.54, 1.807) is 38.1 Å². The van der Waals surface area contributed by atoms with E-state index in [0.29, 0.717) is 22.0 Å². The molecule has 0 aromatic heterocycles. The van der Waals surface area contributed by atoms with Crippen LogP contribution >= 0.6 is 11.6 Å². The molecule has 1 aromatic rings. The maximum Gasteiger partial charge on any atom is 0.336 e. The quantitative estimate of drug-likeness (QED) is 0.564. The minimum absolute atomic E-state index is 0.0253. The van der Waals surface area contributed by atoms with Crippen molar-refractivity contribution in [3.63, 3.8) is 0 Å². The number of aliphatic imine (C=N–C) groups is 1. The van der Waals surface area contributed by atoms with Gasteiger partial charge in [0.1, 0.15) is 18.4 Å². The number of nitrogens with zero attached hydrogens (tertiary/aromatic N) is 1. The maximum atomic E-state index is 12.9. The largest absolute Gasteiger partial charge is 0.468 e. The Morgan fingerprint density at radius 1 is 1.04 bits per heavy atom. The summed E-state index contributed by atoms with van der Waals surface area (Å²) in [4.78, 5) is 41.6. The van der Waals surface area contributed by atoms with Crippen LogP contribution in [0.15, 0.2) is 40.5 Å². The smallest absolute Gasteiger partial charge is 0.336 e. The second kappa shape index (κ2) is 8.81. The summed E-state index contributed by atoms with van der Waals surface area (Å²) in [6.07, 6.45) is 0. The molecule has 1 aromatic carbocycles. The number of hydrogen-bond donors (Lipinski definition) is 0. The Morgan fingerprint density at radius 2 is 1.70 bits per heavy atom. The van der Waals surface area contributed by atoms with Gasteiger partial charge in [-0.05, 0) is 19.9 Å². The number of halogens is 1. The number of hydrogen-bond acceptors (Lipinski definition) is 7. The van der Waals surface area contributed by atoms with Gasteiger partial charge in [-0.2, -0.15) is 0 Å². The highest BCUT2D eigenvalue weighted by atomic mass is 35.5. The van der Waals surface area contributed by atoms with E-state index in [0.717, 1.165) is 0 Å². The molecule has 27 heavy (non-hydrogen) atoms. The molecule has 0 amide bonds. The van der Waals surface area contributed by atoms with Gasteiger partial charge in [0.25, 0.3) is 0 Å². The lowest BCUT2D eigenvalue weighted by Crippen LogP contribution is -2.42.